The Labute approximate surface area is 238 Å². The van der Waals surface area contributed by atoms with Gasteiger partial charge in [0.25, 0.3) is 0 Å². The van der Waals surface area contributed by atoms with Crippen LogP contribution in [0.15, 0.2) is 150 Å². The highest BCUT2D eigenvalue weighted by molar-refractivity contribution is 6.12. The molecule has 0 saturated carbocycles. The van der Waals surface area contributed by atoms with Crippen LogP contribution in [0.3, 0.4) is 0 Å². The Morgan fingerprint density at radius 1 is 0.463 bits per heavy atom. The summed E-state index contributed by atoms with van der Waals surface area (Å²) in [6.07, 6.45) is 0. The first-order valence-electron chi connectivity index (χ1n) is 14.0. The van der Waals surface area contributed by atoms with Crippen molar-refractivity contribution < 1.29 is 4.42 Å². The molecule has 1 aromatic heterocycles. The van der Waals surface area contributed by atoms with E-state index >= 15 is 0 Å². The molecule has 0 N–H and O–H groups in total. The smallest absolute Gasteiger partial charge is 0.135 e. The molecule has 2 heteroatoms. The number of anilines is 3. The molecule has 0 saturated heterocycles. The Morgan fingerprint density at radius 3 is 1.93 bits per heavy atom. The minimum Gasteiger partial charge on any atom is -0.456 e. The zero-order valence-corrected chi connectivity index (χ0v) is 22.7. The van der Waals surface area contributed by atoms with Gasteiger partial charge in [-0.25, -0.2) is 0 Å². The Hall–Kier alpha value is -5.34. The highest BCUT2D eigenvalue weighted by atomic mass is 16.3. The lowest BCUT2D eigenvalue weighted by Crippen LogP contribution is -2.11. The van der Waals surface area contributed by atoms with Crippen LogP contribution in [0.4, 0.5) is 17.1 Å². The van der Waals surface area contributed by atoms with E-state index in [1.165, 1.54) is 38.2 Å². The fraction of sp³-hybridized carbons (Fsp3) is 0.0256. The Kier molecular flexibility index (Phi) is 5.39. The van der Waals surface area contributed by atoms with Crippen LogP contribution in [0.5, 0.6) is 0 Å². The average molecular weight is 526 g/mol. The van der Waals surface area contributed by atoms with E-state index in [9.17, 15) is 0 Å². The summed E-state index contributed by atoms with van der Waals surface area (Å²) in [5, 5.41) is 7.17. The first-order chi connectivity index (χ1) is 20.2. The molecule has 1 heterocycles. The second-order valence-electron chi connectivity index (χ2n) is 10.7. The maximum absolute atomic E-state index is 6.19. The molecule has 0 aliphatic heterocycles. The molecule has 8 aromatic rings. The van der Waals surface area contributed by atoms with Gasteiger partial charge in [0.1, 0.15) is 11.2 Å². The zero-order chi connectivity index (χ0) is 27.3. The number of aryl methyl sites for hydroxylation is 1. The first kappa shape index (κ1) is 23.5. The molecule has 0 aliphatic carbocycles. The third kappa shape index (κ3) is 3.88. The summed E-state index contributed by atoms with van der Waals surface area (Å²) in [4.78, 5) is 2.39. The number of para-hydroxylation sites is 1. The van der Waals surface area contributed by atoms with Crippen molar-refractivity contribution in [2.75, 3.05) is 4.90 Å². The van der Waals surface area contributed by atoms with Gasteiger partial charge in [0, 0.05) is 27.7 Å². The number of hydrogen-bond acceptors (Lipinski definition) is 2. The summed E-state index contributed by atoms with van der Waals surface area (Å²) in [6, 6.07) is 52.1. The van der Waals surface area contributed by atoms with Crippen molar-refractivity contribution in [1.82, 2.24) is 0 Å². The van der Waals surface area contributed by atoms with E-state index in [2.05, 4.69) is 145 Å². The third-order valence-electron chi connectivity index (χ3n) is 8.12. The van der Waals surface area contributed by atoms with Gasteiger partial charge in [-0.05, 0) is 76.5 Å². The van der Waals surface area contributed by atoms with Crippen LogP contribution in [0.1, 0.15) is 5.56 Å². The summed E-state index contributed by atoms with van der Waals surface area (Å²) < 4.78 is 6.19. The summed E-state index contributed by atoms with van der Waals surface area (Å²) in [7, 11) is 0. The number of fused-ring (bicyclic) bond motifs is 5. The first-order valence-corrected chi connectivity index (χ1v) is 14.0. The van der Waals surface area contributed by atoms with Gasteiger partial charge in [-0.1, -0.05) is 109 Å². The predicted molar refractivity (Wildman–Crippen MR) is 174 cm³/mol. The van der Waals surface area contributed by atoms with Gasteiger partial charge in [0.05, 0.1) is 5.69 Å². The van der Waals surface area contributed by atoms with E-state index in [4.69, 9.17) is 4.42 Å². The van der Waals surface area contributed by atoms with Crippen LogP contribution in [-0.4, -0.2) is 0 Å². The minimum atomic E-state index is 0.895. The molecule has 41 heavy (non-hydrogen) atoms. The number of nitrogens with zero attached hydrogens (tertiary/aromatic N) is 1. The minimum absolute atomic E-state index is 0.895. The standard InChI is InChI=1S/C39H27NO/c1-26-17-20-29(21-18-26)40(30-22-24-38-35(25-30)33-14-6-7-16-37(33)41-38)36-23-19-28-10-3-5-13-32(28)39(36)34-15-8-11-27-9-2-4-12-31(27)34/h2-25H,1H3. The van der Waals surface area contributed by atoms with Gasteiger partial charge < -0.3 is 9.32 Å². The largest absolute Gasteiger partial charge is 0.456 e. The lowest BCUT2D eigenvalue weighted by Gasteiger charge is -2.29. The van der Waals surface area contributed by atoms with E-state index in [-0.39, 0.29) is 0 Å². The molecule has 0 amide bonds. The van der Waals surface area contributed by atoms with Crippen LogP contribution in [0.2, 0.25) is 0 Å². The fourth-order valence-corrected chi connectivity index (χ4v) is 6.15. The molecule has 2 nitrogen and oxygen atoms in total. The van der Waals surface area contributed by atoms with Gasteiger partial charge in [-0.15, -0.1) is 0 Å². The van der Waals surface area contributed by atoms with E-state index in [1.807, 2.05) is 12.1 Å². The van der Waals surface area contributed by atoms with Crippen LogP contribution < -0.4 is 4.90 Å². The van der Waals surface area contributed by atoms with Crippen molar-refractivity contribution in [2.45, 2.75) is 6.92 Å². The van der Waals surface area contributed by atoms with Crippen molar-refractivity contribution in [2.24, 2.45) is 0 Å². The summed E-state index contributed by atoms with van der Waals surface area (Å²) in [5.74, 6) is 0. The molecule has 0 aliphatic rings. The SMILES string of the molecule is Cc1ccc(N(c2ccc3oc4ccccc4c3c2)c2ccc3ccccc3c2-c2cccc3ccccc23)cc1. The molecular weight excluding hydrogens is 498 g/mol. The molecule has 0 atom stereocenters. The third-order valence-corrected chi connectivity index (χ3v) is 8.12. The molecule has 0 bridgehead atoms. The molecule has 7 aromatic carbocycles. The van der Waals surface area contributed by atoms with Crippen molar-refractivity contribution in [3.63, 3.8) is 0 Å². The van der Waals surface area contributed by atoms with Gasteiger partial charge in [0.2, 0.25) is 0 Å². The zero-order valence-electron chi connectivity index (χ0n) is 22.7. The monoisotopic (exact) mass is 525 g/mol. The quantitative estimate of drug-likeness (QED) is 0.227. The van der Waals surface area contributed by atoms with Crippen LogP contribution in [0, 0.1) is 6.92 Å². The van der Waals surface area contributed by atoms with Crippen molar-refractivity contribution in [3.05, 3.63) is 151 Å². The number of furan rings is 1. The summed E-state index contributed by atoms with van der Waals surface area (Å²) in [5.41, 5.74) is 8.81. The highest BCUT2D eigenvalue weighted by Crippen LogP contribution is 2.46. The van der Waals surface area contributed by atoms with Crippen molar-refractivity contribution in [3.8, 4) is 11.1 Å². The molecule has 194 valence electrons. The van der Waals surface area contributed by atoms with E-state index < -0.39 is 0 Å². The maximum Gasteiger partial charge on any atom is 0.135 e. The van der Waals surface area contributed by atoms with Crippen LogP contribution in [-0.2, 0) is 0 Å². The molecular formula is C39H27NO. The Morgan fingerprint density at radius 2 is 1.10 bits per heavy atom. The molecule has 0 radical (unpaired) electrons. The Bertz CT molecular complexity index is 2220. The Balaban J connectivity index is 1.47. The maximum atomic E-state index is 6.19. The normalized spacial score (nSPS) is 11.5. The van der Waals surface area contributed by atoms with E-state index in [0.717, 1.165) is 39.0 Å². The van der Waals surface area contributed by atoms with Gasteiger partial charge in [0.15, 0.2) is 0 Å². The molecule has 8 rings (SSSR count). The highest BCUT2D eigenvalue weighted by Gasteiger charge is 2.21. The van der Waals surface area contributed by atoms with Gasteiger partial charge >= 0.3 is 0 Å². The van der Waals surface area contributed by atoms with Crippen LogP contribution >= 0.6 is 0 Å². The van der Waals surface area contributed by atoms with Gasteiger partial charge in [-0.2, -0.15) is 0 Å². The number of benzene rings is 7. The summed E-state index contributed by atoms with van der Waals surface area (Å²) in [6.45, 7) is 2.13. The fourth-order valence-electron chi connectivity index (χ4n) is 6.15. The topological polar surface area (TPSA) is 16.4 Å². The molecule has 0 unspecified atom stereocenters. The number of rotatable bonds is 4. The average Bonchev–Trinajstić information content (AvgIpc) is 3.40. The van der Waals surface area contributed by atoms with Gasteiger partial charge in [-0.3, -0.25) is 0 Å². The molecule has 0 fully saturated rings. The predicted octanol–water partition coefficient (Wildman–Crippen LogP) is 11.3. The van der Waals surface area contributed by atoms with Crippen molar-refractivity contribution in [1.29, 1.82) is 0 Å². The van der Waals surface area contributed by atoms with E-state index in [0.29, 0.717) is 0 Å². The lowest BCUT2D eigenvalue weighted by molar-refractivity contribution is 0.669. The molecule has 0 spiro atoms. The second-order valence-corrected chi connectivity index (χ2v) is 10.7. The van der Waals surface area contributed by atoms with Crippen LogP contribution in [0.25, 0.3) is 54.6 Å². The lowest BCUT2D eigenvalue weighted by atomic mass is 9.91. The van der Waals surface area contributed by atoms with Crippen molar-refractivity contribution >= 4 is 60.5 Å². The van der Waals surface area contributed by atoms with E-state index in [1.54, 1.807) is 0 Å². The number of hydrogen-bond donors (Lipinski definition) is 0. The second kappa shape index (κ2) is 9.39. The summed E-state index contributed by atoms with van der Waals surface area (Å²) >= 11 is 0.